The van der Waals surface area contributed by atoms with E-state index in [-0.39, 0.29) is 0 Å². The first-order valence-corrected chi connectivity index (χ1v) is 10.9. The van der Waals surface area contributed by atoms with Crippen LogP contribution in [0.15, 0.2) is 30.3 Å². The summed E-state index contributed by atoms with van der Waals surface area (Å²) in [4.78, 5) is 0. The minimum absolute atomic E-state index is 0.456. The highest BCUT2D eigenvalue weighted by Gasteiger charge is 2.26. The van der Waals surface area contributed by atoms with Crippen LogP contribution in [-0.4, -0.2) is 38.7 Å². The number of ether oxygens (including phenoxy) is 1. The van der Waals surface area contributed by atoms with Gasteiger partial charge in [-0.05, 0) is 64.1 Å². The first kappa shape index (κ1) is 20.3. The Bertz CT molecular complexity index is 1250. The van der Waals surface area contributed by atoms with Crippen molar-refractivity contribution in [1.82, 2.24) is 30.3 Å². The Morgan fingerprint density at radius 3 is 2.66 bits per heavy atom. The summed E-state index contributed by atoms with van der Waals surface area (Å²) in [5.41, 5.74) is 11.6. The number of nitrogens with zero attached hydrogens (tertiary/aromatic N) is 4. The Labute approximate surface area is 186 Å². The maximum absolute atomic E-state index is 6.62. The molecular weight excluding hydrogens is 404 g/mol. The molecule has 0 bridgehead atoms. The summed E-state index contributed by atoms with van der Waals surface area (Å²) in [5, 5.41) is 24.7. The van der Waals surface area contributed by atoms with E-state index in [1.54, 1.807) is 0 Å². The fraction of sp³-hybridized carbons (Fsp3) is 0.348. The van der Waals surface area contributed by atoms with E-state index >= 15 is 0 Å². The van der Waals surface area contributed by atoms with Crippen LogP contribution < -0.4 is 21.1 Å². The molecule has 0 aliphatic heterocycles. The van der Waals surface area contributed by atoms with E-state index in [9.17, 15) is 0 Å². The number of hydrogen-bond donors (Lipinski definition) is 4. The monoisotopic (exact) mass is 432 g/mol. The van der Waals surface area contributed by atoms with E-state index in [4.69, 9.17) is 10.5 Å². The number of nitrogens with one attached hydrogen (secondary N) is 3. The molecule has 1 fully saturated rings. The lowest BCUT2D eigenvalue weighted by molar-refractivity contribution is 0.296. The number of rotatable bonds is 8. The maximum Gasteiger partial charge on any atom is 0.158 e. The van der Waals surface area contributed by atoms with E-state index in [0.29, 0.717) is 30.8 Å². The summed E-state index contributed by atoms with van der Waals surface area (Å²) >= 11 is 0. The third-order valence-electron chi connectivity index (χ3n) is 5.91. The number of aromatic amines is 1. The molecule has 0 unspecified atom stereocenters. The molecule has 32 heavy (non-hydrogen) atoms. The second kappa shape index (κ2) is 8.16. The van der Waals surface area contributed by atoms with Crippen molar-refractivity contribution in [1.29, 1.82) is 0 Å². The van der Waals surface area contributed by atoms with Crippen molar-refractivity contribution in [2.75, 3.05) is 24.8 Å². The van der Waals surface area contributed by atoms with E-state index in [1.165, 1.54) is 12.8 Å². The highest BCUT2D eigenvalue weighted by atomic mass is 16.5. The molecule has 0 saturated heterocycles. The van der Waals surface area contributed by atoms with E-state index < -0.39 is 0 Å². The summed E-state index contributed by atoms with van der Waals surface area (Å²) in [7, 11) is 1.85. The predicted octanol–water partition coefficient (Wildman–Crippen LogP) is 3.39. The van der Waals surface area contributed by atoms with Crippen LogP contribution in [-0.2, 0) is 6.54 Å². The first-order chi connectivity index (χ1) is 15.6. The van der Waals surface area contributed by atoms with Gasteiger partial charge in [0.05, 0.1) is 34.4 Å². The highest BCUT2D eigenvalue weighted by molar-refractivity contribution is 6.03. The molecule has 1 aromatic carbocycles. The molecule has 5 N–H and O–H groups in total. The summed E-state index contributed by atoms with van der Waals surface area (Å²) < 4.78 is 7.65. The minimum Gasteiger partial charge on any atom is -0.478 e. The Morgan fingerprint density at radius 1 is 1.16 bits per heavy atom. The largest absolute Gasteiger partial charge is 0.478 e. The first-order valence-electron chi connectivity index (χ1n) is 10.9. The van der Waals surface area contributed by atoms with Gasteiger partial charge in [-0.1, -0.05) is 0 Å². The third kappa shape index (κ3) is 3.64. The van der Waals surface area contributed by atoms with Crippen molar-refractivity contribution in [3.05, 3.63) is 53.1 Å². The molecule has 0 spiro atoms. The Balaban J connectivity index is 1.48. The zero-order chi connectivity index (χ0) is 22.2. The van der Waals surface area contributed by atoms with Crippen LogP contribution in [0, 0.1) is 13.8 Å². The van der Waals surface area contributed by atoms with Gasteiger partial charge in [0, 0.05) is 17.3 Å². The topological polar surface area (TPSA) is 119 Å². The lowest BCUT2D eigenvalue weighted by atomic mass is 10.2. The molecule has 9 heteroatoms. The second-order valence-electron chi connectivity index (χ2n) is 8.27. The summed E-state index contributed by atoms with van der Waals surface area (Å²) in [6.07, 6.45) is 2.47. The summed E-state index contributed by atoms with van der Waals surface area (Å²) in [5.74, 6) is 2.78. The molecule has 0 atom stereocenters. The number of anilines is 2. The van der Waals surface area contributed by atoms with Crippen molar-refractivity contribution in [3.63, 3.8) is 0 Å². The smallest absolute Gasteiger partial charge is 0.158 e. The lowest BCUT2D eigenvalue weighted by Gasteiger charge is -2.11. The molecule has 4 aromatic rings. The number of hydrogen-bond acceptors (Lipinski definition) is 7. The average molecular weight is 433 g/mol. The van der Waals surface area contributed by atoms with Gasteiger partial charge < -0.3 is 15.8 Å². The molecule has 0 radical (unpaired) electrons. The molecule has 0 amide bonds. The number of fused-ring (bicyclic) bond motifs is 1. The van der Waals surface area contributed by atoms with Crippen LogP contribution in [0.3, 0.4) is 0 Å². The van der Waals surface area contributed by atoms with Gasteiger partial charge in [-0.15, -0.1) is 5.10 Å². The summed E-state index contributed by atoms with van der Waals surface area (Å²) in [6.45, 7) is 5.04. The van der Waals surface area contributed by atoms with Crippen LogP contribution in [0.2, 0.25) is 0 Å². The molecule has 1 aliphatic carbocycles. The zero-order valence-corrected chi connectivity index (χ0v) is 18.6. The Kier molecular flexibility index (Phi) is 5.18. The van der Waals surface area contributed by atoms with Gasteiger partial charge in [-0.2, -0.15) is 10.2 Å². The van der Waals surface area contributed by atoms with Crippen LogP contribution in [0.1, 0.15) is 41.5 Å². The van der Waals surface area contributed by atoms with Crippen molar-refractivity contribution in [2.45, 2.75) is 39.2 Å². The van der Waals surface area contributed by atoms with Gasteiger partial charge >= 0.3 is 0 Å². The lowest BCUT2D eigenvalue weighted by Crippen LogP contribution is -2.14. The second-order valence-corrected chi connectivity index (χ2v) is 8.27. The SMILES string of the molecule is CNCOc1ccc(-n2c(C)c3c(NCc4cc(C5CC5)n[nH]4)nnc(C)c3c2N)cc1. The molecule has 1 saturated carbocycles. The zero-order valence-electron chi connectivity index (χ0n) is 18.6. The van der Waals surface area contributed by atoms with Crippen molar-refractivity contribution >= 4 is 22.4 Å². The Morgan fingerprint density at radius 2 is 1.94 bits per heavy atom. The number of aromatic nitrogens is 5. The van der Waals surface area contributed by atoms with E-state index in [0.717, 1.165) is 45.0 Å². The quantitative estimate of drug-likeness (QED) is 0.315. The molecule has 166 valence electrons. The van der Waals surface area contributed by atoms with Gasteiger partial charge in [0.1, 0.15) is 18.3 Å². The van der Waals surface area contributed by atoms with Crippen LogP contribution >= 0.6 is 0 Å². The van der Waals surface area contributed by atoms with Gasteiger partial charge in [0.25, 0.3) is 0 Å². The molecule has 9 nitrogen and oxygen atoms in total. The fourth-order valence-electron chi connectivity index (χ4n) is 4.13. The molecular formula is C23H28N8O. The predicted molar refractivity (Wildman–Crippen MR) is 125 cm³/mol. The van der Waals surface area contributed by atoms with Crippen LogP contribution in [0.25, 0.3) is 16.5 Å². The van der Waals surface area contributed by atoms with Gasteiger partial charge in [0.15, 0.2) is 5.82 Å². The number of nitrogen functional groups attached to an aromatic ring is 1. The van der Waals surface area contributed by atoms with Crippen LogP contribution in [0.5, 0.6) is 5.75 Å². The number of aryl methyl sites for hydroxylation is 2. The van der Waals surface area contributed by atoms with Crippen molar-refractivity contribution in [2.24, 2.45) is 0 Å². The van der Waals surface area contributed by atoms with Crippen molar-refractivity contribution < 1.29 is 4.74 Å². The number of benzene rings is 1. The molecule has 3 heterocycles. The van der Waals surface area contributed by atoms with Crippen LogP contribution in [0.4, 0.5) is 11.6 Å². The van der Waals surface area contributed by atoms with Gasteiger partial charge in [0.2, 0.25) is 0 Å². The third-order valence-corrected chi connectivity index (χ3v) is 5.91. The van der Waals surface area contributed by atoms with Gasteiger partial charge in [-0.25, -0.2) is 0 Å². The van der Waals surface area contributed by atoms with E-state index in [1.807, 2.05) is 42.8 Å². The summed E-state index contributed by atoms with van der Waals surface area (Å²) in [6, 6.07) is 10.0. The van der Waals surface area contributed by atoms with Crippen molar-refractivity contribution in [3.8, 4) is 11.4 Å². The molecule has 5 rings (SSSR count). The normalized spacial score (nSPS) is 13.6. The maximum atomic E-state index is 6.62. The highest BCUT2D eigenvalue weighted by Crippen LogP contribution is 2.39. The minimum atomic E-state index is 0.456. The average Bonchev–Trinajstić information content (AvgIpc) is 3.48. The number of nitrogens with two attached hydrogens (primary N) is 1. The number of H-pyrrole nitrogens is 1. The molecule has 3 aromatic heterocycles. The standard InChI is InChI=1S/C23H28N8O/c1-13-20-21(23(30-27-13)26-11-16-10-19(29-28-16)15-4-5-15)14(2)31(22(20)24)17-6-8-18(9-7-17)32-12-25-3/h6-10,15,25H,4-5,11-12,24H2,1-3H3,(H,26,30)(H,28,29). The molecule has 1 aliphatic rings. The Hall–Kier alpha value is -3.59. The van der Waals surface area contributed by atoms with E-state index in [2.05, 4.69) is 44.0 Å². The van der Waals surface area contributed by atoms with Gasteiger partial charge in [-0.3, -0.25) is 15.0 Å². The fourth-order valence-corrected chi connectivity index (χ4v) is 4.13.